The van der Waals surface area contributed by atoms with Gasteiger partial charge in [0.25, 0.3) is 0 Å². The van der Waals surface area contributed by atoms with Crippen molar-refractivity contribution in [1.82, 2.24) is 10.6 Å². The van der Waals surface area contributed by atoms with Crippen molar-refractivity contribution in [2.45, 2.75) is 44.9 Å². The Kier molecular flexibility index (Phi) is 8.24. The predicted octanol–water partition coefficient (Wildman–Crippen LogP) is 5.55. The van der Waals surface area contributed by atoms with E-state index in [1.54, 1.807) is 12.2 Å². The molecular weight excluding hydrogens is 368 g/mol. The van der Waals surface area contributed by atoms with Gasteiger partial charge in [-0.05, 0) is 51.1 Å². The minimum Gasteiger partial charge on any atom is -0.380 e. The van der Waals surface area contributed by atoms with Gasteiger partial charge in [-0.3, -0.25) is 0 Å². The SMILES string of the molecule is C=C/C=C\C(=C/C)C(NC(=C)Cc1ccc(F)cc1C(F)(F)F)C(C)(C)NC. The Labute approximate surface area is 164 Å². The molecule has 28 heavy (non-hydrogen) atoms. The van der Waals surface area contributed by atoms with Crippen molar-refractivity contribution in [2.75, 3.05) is 7.05 Å². The second kappa shape index (κ2) is 9.73. The lowest BCUT2D eigenvalue weighted by molar-refractivity contribution is -0.138. The third-order valence-electron chi connectivity index (χ3n) is 4.59. The van der Waals surface area contributed by atoms with Gasteiger partial charge in [0.15, 0.2) is 0 Å². The van der Waals surface area contributed by atoms with Gasteiger partial charge >= 0.3 is 6.18 Å². The van der Waals surface area contributed by atoms with Gasteiger partial charge in [-0.1, -0.05) is 43.5 Å². The molecule has 0 amide bonds. The van der Waals surface area contributed by atoms with Gasteiger partial charge in [0, 0.05) is 17.7 Å². The van der Waals surface area contributed by atoms with Crippen LogP contribution in [0.15, 0.2) is 66.9 Å². The van der Waals surface area contributed by atoms with Gasteiger partial charge in [0.05, 0.1) is 11.6 Å². The third kappa shape index (κ3) is 6.37. The Balaban J connectivity index is 3.17. The summed E-state index contributed by atoms with van der Waals surface area (Å²) in [6, 6.07) is 2.43. The van der Waals surface area contributed by atoms with Crippen LogP contribution in [0.2, 0.25) is 0 Å². The summed E-state index contributed by atoms with van der Waals surface area (Å²) in [6.45, 7) is 13.4. The molecular formula is C22H28F4N2. The van der Waals surface area contributed by atoms with Gasteiger partial charge in [0.2, 0.25) is 0 Å². The number of benzene rings is 1. The highest BCUT2D eigenvalue weighted by molar-refractivity contribution is 5.35. The average Bonchev–Trinajstić information content (AvgIpc) is 2.61. The lowest BCUT2D eigenvalue weighted by Crippen LogP contribution is -2.55. The third-order valence-corrected chi connectivity index (χ3v) is 4.59. The van der Waals surface area contributed by atoms with E-state index in [0.717, 1.165) is 17.7 Å². The maximum absolute atomic E-state index is 13.3. The first-order chi connectivity index (χ1) is 13.0. The van der Waals surface area contributed by atoms with E-state index in [1.807, 2.05) is 40.0 Å². The topological polar surface area (TPSA) is 24.1 Å². The zero-order valence-corrected chi connectivity index (χ0v) is 16.8. The second-order valence-electron chi connectivity index (χ2n) is 7.01. The first-order valence-corrected chi connectivity index (χ1v) is 8.90. The molecule has 6 heteroatoms. The highest BCUT2D eigenvalue weighted by Gasteiger charge is 2.34. The van der Waals surface area contributed by atoms with Crippen molar-refractivity contribution in [3.8, 4) is 0 Å². The van der Waals surface area contributed by atoms with Crippen LogP contribution < -0.4 is 10.6 Å². The monoisotopic (exact) mass is 396 g/mol. The number of allylic oxidation sites excluding steroid dienone is 4. The molecule has 0 aliphatic rings. The summed E-state index contributed by atoms with van der Waals surface area (Å²) in [5.41, 5.74) is -0.118. The fourth-order valence-electron chi connectivity index (χ4n) is 2.81. The van der Waals surface area contributed by atoms with E-state index in [9.17, 15) is 17.6 Å². The van der Waals surface area contributed by atoms with Crippen molar-refractivity contribution in [1.29, 1.82) is 0 Å². The van der Waals surface area contributed by atoms with Gasteiger partial charge in [-0.25, -0.2) is 4.39 Å². The van der Waals surface area contributed by atoms with E-state index in [0.29, 0.717) is 11.8 Å². The predicted molar refractivity (Wildman–Crippen MR) is 107 cm³/mol. The summed E-state index contributed by atoms with van der Waals surface area (Å²) in [5.74, 6) is -0.922. The minimum absolute atomic E-state index is 0.0314. The Morgan fingerprint density at radius 1 is 1.25 bits per heavy atom. The Morgan fingerprint density at radius 2 is 1.89 bits per heavy atom. The molecule has 2 nitrogen and oxygen atoms in total. The first-order valence-electron chi connectivity index (χ1n) is 8.90. The molecule has 0 fully saturated rings. The molecule has 0 bridgehead atoms. The molecule has 1 aromatic carbocycles. The van der Waals surface area contributed by atoms with Crippen LogP contribution in [-0.4, -0.2) is 18.6 Å². The molecule has 0 spiro atoms. The van der Waals surface area contributed by atoms with Crippen molar-refractivity contribution in [2.24, 2.45) is 0 Å². The maximum atomic E-state index is 13.3. The Bertz CT molecular complexity index is 758. The number of nitrogens with one attached hydrogen (secondary N) is 2. The van der Waals surface area contributed by atoms with Crippen LogP contribution in [0.1, 0.15) is 31.9 Å². The average molecular weight is 396 g/mol. The fraction of sp³-hybridized carbons (Fsp3) is 0.364. The standard InChI is InChI=1S/C22H28F4N2/c1-7-9-10-16(8-2)20(21(4,5)27-6)28-15(3)13-17-11-12-18(23)14-19(17)22(24,25)26/h7-12,14,20,27-28H,1,3,13H2,2,4-6H3/b10-9-,16-8+. The molecule has 1 aromatic rings. The summed E-state index contributed by atoms with van der Waals surface area (Å²) in [6.07, 6.45) is 2.53. The summed E-state index contributed by atoms with van der Waals surface area (Å²) >= 11 is 0. The van der Waals surface area contributed by atoms with Gasteiger partial charge in [0.1, 0.15) is 5.82 Å². The lowest BCUT2D eigenvalue weighted by Gasteiger charge is -2.37. The van der Waals surface area contributed by atoms with Crippen LogP contribution in [0.25, 0.3) is 0 Å². The number of likely N-dealkylation sites (N-methyl/N-ethyl adjacent to an activating group) is 1. The maximum Gasteiger partial charge on any atom is 0.416 e. The number of hydrogen-bond acceptors (Lipinski definition) is 2. The molecule has 2 N–H and O–H groups in total. The number of halogens is 4. The van der Waals surface area contributed by atoms with Crippen LogP contribution in [0.4, 0.5) is 17.6 Å². The van der Waals surface area contributed by atoms with Crippen LogP contribution in [0.5, 0.6) is 0 Å². The first kappa shape index (κ1) is 23.7. The normalized spacial score (nSPS) is 14.2. The number of alkyl halides is 3. The van der Waals surface area contributed by atoms with Crippen LogP contribution in [0.3, 0.4) is 0 Å². The molecule has 1 rings (SSSR count). The number of rotatable bonds is 9. The lowest BCUT2D eigenvalue weighted by atomic mass is 9.87. The van der Waals surface area contributed by atoms with E-state index in [-0.39, 0.29) is 18.0 Å². The van der Waals surface area contributed by atoms with Crippen molar-refractivity contribution in [3.05, 3.63) is 83.9 Å². The van der Waals surface area contributed by atoms with Crippen molar-refractivity contribution < 1.29 is 17.6 Å². The highest BCUT2D eigenvalue weighted by atomic mass is 19.4. The molecule has 1 atom stereocenters. The fourth-order valence-corrected chi connectivity index (χ4v) is 2.81. The van der Waals surface area contributed by atoms with E-state index in [2.05, 4.69) is 23.8 Å². The quantitative estimate of drug-likeness (QED) is 0.423. The molecule has 0 saturated carbocycles. The molecule has 0 heterocycles. The smallest absolute Gasteiger partial charge is 0.380 e. The number of hydrogen-bond donors (Lipinski definition) is 2. The van der Waals surface area contributed by atoms with Crippen molar-refractivity contribution in [3.63, 3.8) is 0 Å². The van der Waals surface area contributed by atoms with Gasteiger partial charge < -0.3 is 10.6 Å². The Morgan fingerprint density at radius 3 is 2.39 bits per heavy atom. The van der Waals surface area contributed by atoms with Gasteiger partial charge in [-0.2, -0.15) is 13.2 Å². The highest BCUT2D eigenvalue weighted by Crippen LogP contribution is 2.33. The molecule has 0 saturated heterocycles. The van der Waals surface area contributed by atoms with Crippen LogP contribution in [-0.2, 0) is 12.6 Å². The van der Waals surface area contributed by atoms with Crippen LogP contribution >= 0.6 is 0 Å². The molecule has 154 valence electrons. The zero-order valence-electron chi connectivity index (χ0n) is 16.8. The molecule has 1 unspecified atom stereocenters. The van der Waals surface area contributed by atoms with E-state index >= 15 is 0 Å². The Hall–Kier alpha value is -2.34. The molecule has 0 radical (unpaired) electrons. The zero-order chi connectivity index (χ0) is 21.5. The van der Waals surface area contributed by atoms with Gasteiger partial charge in [-0.15, -0.1) is 0 Å². The molecule has 0 aliphatic heterocycles. The summed E-state index contributed by atoms with van der Waals surface area (Å²) in [4.78, 5) is 0. The summed E-state index contributed by atoms with van der Waals surface area (Å²) in [5, 5.41) is 6.45. The largest absolute Gasteiger partial charge is 0.416 e. The summed E-state index contributed by atoms with van der Waals surface area (Å²) < 4.78 is 53.1. The van der Waals surface area contributed by atoms with E-state index in [1.165, 1.54) is 0 Å². The minimum atomic E-state index is -4.64. The van der Waals surface area contributed by atoms with E-state index < -0.39 is 23.1 Å². The van der Waals surface area contributed by atoms with Crippen LogP contribution in [0, 0.1) is 5.82 Å². The van der Waals surface area contributed by atoms with E-state index in [4.69, 9.17) is 0 Å². The summed E-state index contributed by atoms with van der Waals surface area (Å²) in [7, 11) is 1.81. The molecule has 0 aliphatic carbocycles. The van der Waals surface area contributed by atoms with Crippen molar-refractivity contribution >= 4 is 0 Å². The second-order valence-corrected chi connectivity index (χ2v) is 7.01. The molecule has 0 aromatic heterocycles.